The molecule has 0 aromatic heterocycles. The summed E-state index contributed by atoms with van der Waals surface area (Å²) in [4.78, 5) is 0. The molecule has 1 aromatic carbocycles. The van der Waals surface area contributed by atoms with E-state index in [4.69, 9.17) is 11.1 Å². The lowest BCUT2D eigenvalue weighted by Crippen LogP contribution is -2.19. The lowest BCUT2D eigenvalue weighted by Gasteiger charge is -1.98. The van der Waals surface area contributed by atoms with Gasteiger partial charge in [0.05, 0.1) is 0 Å². The summed E-state index contributed by atoms with van der Waals surface area (Å²) >= 11 is 9.30. The van der Waals surface area contributed by atoms with E-state index in [0.717, 1.165) is 4.47 Å². The monoisotopic (exact) mass is 233 g/mol. The van der Waals surface area contributed by atoms with Crippen LogP contribution in [-0.2, 0) is 0 Å². The van der Waals surface area contributed by atoms with Gasteiger partial charge < -0.3 is 0 Å². The van der Waals surface area contributed by atoms with Crippen molar-refractivity contribution in [2.24, 2.45) is 0 Å². The molecule has 0 fully saturated rings. The number of hydrogen-bond acceptors (Lipinski definition) is 0. The standard InChI is InChI=1S/C7H7BrClSi/c1-10(9)7-4-2-6(8)3-5-7/h2-5H,1H3. The summed E-state index contributed by atoms with van der Waals surface area (Å²) < 4.78 is 1.11. The van der Waals surface area contributed by atoms with Crippen molar-refractivity contribution in [2.75, 3.05) is 0 Å². The van der Waals surface area contributed by atoms with Crippen LogP contribution >= 0.6 is 27.0 Å². The highest BCUT2D eigenvalue weighted by Gasteiger charge is 2.01. The predicted molar refractivity (Wildman–Crippen MR) is 51.2 cm³/mol. The smallest absolute Gasteiger partial charge is 0.163 e. The second-order valence-electron chi connectivity index (χ2n) is 2.04. The van der Waals surface area contributed by atoms with Crippen LogP contribution in [0.3, 0.4) is 0 Å². The van der Waals surface area contributed by atoms with Crippen molar-refractivity contribution in [1.82, 2.24) is 0 Å². The Balaban J connectivity index is 2.89. The van der Waals surface area contributed by atoms with Crippen LogP contribution in [0.2, 0.25) is 6.55 Å². The molecule has 0 saturated heterocycles. The quantitative estimate of drug-likeness (QED) is 0.517. The summed E-state index contributed by atoms with van der Waals surface area (Å²) in [5, 5.41) is 1.26. The van der Waals surface area contributed by atoms with Crippen molar-refractivity contribution in [3.63, 3.8) is 0 Å². The SMILES string of the molecule is C[Si](Cl)c1ccc(Br)cc1. The molecule has 1 rings (SSSR count). The van der Waals surface area contributed by atoms with Crippen molar-refractivity contribution in [2.45, 2.75) is 6.55 Å². The van der Waals surface area contributed by atoms with E-state index in [2.05, 4.69) is 34.6 Å². The Morgan fingerprint density at radius 3 is 2.20 bits per heavy atom. The maximum absolute atomic E-state index is 5.94. The minimum atomic E-state index is -0.777. The molecule has 0 amide bonds. The van der Waals surface area contributed by atoms with Gasteiger partial charge in [0.25, 0.3) is 0 Å². The van der Waals surface area contributed by atoms with Gasteiger partial charge in [0.2, 0.25) is 0 Å². The first-order chi connectivity index (χ1) is 4.70. The van der Waals surface area contributed by atoms with Gasteiger partial charge in [-0.25, -0.2) is 0 Å². The van der Waals surface area contributed by atoms with Crippen molar-refractivity contribution in [1.29, 1.82) is 0 Å². The van der Waals surface area contributed by atoms with Gasteiger partial charge in [0, 0.05) is 4.47 Å². The third-order valence-electron chi connectivity index (χ3n) is 1.24. The van der Waals surface area contributed by atoms with Crippen LogP contribution in [0.5, 0.6) is 0 Å². The van der Waals surface area contributed by atoms with Gasteiger partial charge in [-0.15, -0.1) is 0 Å². The lowest BCUT2D eigenvalue weighted by atomic mass is 10.4. The van der Waals surface area contributed by atoms with Gasteiger partial charge in [0.15, 0.2) is 8.11 Å². The molecule has 10 heavy (non-hydrogen) atoms. The summed E-state index contributed by atoms with van der Waals surface area (Å²) in [7, 11) is -0.777. The zero-order valence-electron chi connectivity index (χ0n) is 5.57. The highest BCUT2D eigenvalue weighted by atomic mass is 79.9. The van der Waals surface area contributed by atoms with E-state index >= 15 is 0 Å². The number of rotatable bonds is 1. The third-order valence-corrected chi connectivity index (χ3v) is 3.55. The Hall–Kier alpha value is 0.207. The fourth-order valence-corrected chi connectivity index (χ4v) is 1.95. The number of hydrogen-bond donors (Lipinski definition) is 0. The molecule has 1 radical (unpaired) electrons. The van der Waals surface area contributed by atoms with Gasteiger partial charge in [-0.05, 0) is 17.3 Å². The molecule has 0 nitrogen and oxygen atoms in total. The zero-order chi connectivity index (χ0) is 7.56. The molecule has 0 aliphatic rings. The normalized spacial score (nSPS) is 10.4. The van der Waals surface area contributed by atoms with E-state index < -0.39 is 8.11 Å². The van der Waals surface area contributed by atoms with E-state index in [1.165, 1.54) is 5.19 Å². The Bertz CT molecular complexity index is 207. The Kier molecular flexibility index (Phi) is 2.95. The first-order valence-electron chi connectivity index (χ1n) is 2.95. The number of benzene rings is 1. The molecule has 1 aromatic rings. The molecular weight excluding hydrogens is 228 g/mol. The van der Waals surface area contributed by atoms with Crippen LogP contribution < -0.4 is 5.19 Å². The first-order valence-corrected chi connectivity index (χ1v) is 6.75. The van der Waals surface area contributed by atoms with Crippen LogP contribution in [0, 0.1) is 0 Å². The minimum absolute atomic E-state index is 0.777. The maximum Gasteiger partial charge on any atom is 0.196 e. The van der Waals surface area contributed by atoms with E-state index in [1.54, 1.807) is 0 Å². The second-order valence-corrected chi connectivity index (χ2v) is 6.30. The van der Waals surface area contributed by atoms with E-state index in [0.29, 0.717) is 0 Å². The molecule has 0 heterocycles. The Morgan fingerprint density at radius 1 is 1.30 bits per heavy atom. The summed E-state index contributed by atoms with van der Waals surface area (Å²) in [6.45, 7) is 2.06. The van der Waals surface area contributed by atoms with Crippen LogP contribution in [0.25, 0.3) is 0 Å². The third kappa shape index (κ3) is 2.11. The van der Waals surface area contributed by atoms with Crippen molar-refractivity contribution in [3.8, 4) is 0 Å². The maximum atomic E-state index is 5.94. The van der Waals surface area contributed by atoms with Crippen LogP contribution in [0.1, 0.15) is 0 Å². The first kappa shape index (κ1) is 8.30. The average molecular weight is 235 g/mol. The van der Waals surface area contributed by atoms with Crippen molar-refractivity contribution < 1.29 is 0 Å². The number of halogens is 2. The van der Waals surface area contributed by atoms with E-state index in [9.17, 15) is 0 Å². The molecule has 0 unspecified atom stereocenters. The molecule has 0 atom stereocenters. The fraction of sp³-hybridized carbons (Fsp3) is 0.143. The topological polar surface area (TPSA) is 0 Å². The van der Waals surface area contributed by atoms with Crippen LogP contribution in [-0.4, -0.2) is 8.11 Å². The molecule has 0 saturated carbocycles. The fourth-order valence-electron chi connectivity index (χ4n) is 0.680. The summed E-state index contributed by atoms with van der Waals surface area (Å²) in [6, 6.07) is 8.16. The van der Waals surface area contributed by atoms with Crippen LogP contribution in [0.15, 0.2) is 28.7 Å². The van der Waals surface area contributed by atoms with Crippen LogP contribution in [0.4, 0.5) is 0 Å². The zero-order valence-corrected chi connectivity index (χ0v) is 8.91. The van der Waals surface area contributed by atoms with E-state index in [1.807, 2.05) is 12.1 Å². The lowest BCUT2D eigenvalue weighted by molar-refractivity contribution is 1.69. The molecule has 0 aliphatic carbocycles. The molecule has 3 heteroatoms. The minimum Gasteiger partial charge on any atom is -0.163 e. The Labute approximate surface area is 75.7 Å². The summed E-state index contributed by atoms with van der Waals surface area (Å²) in [5.41, 5.74) is 0. The highest BCUT2D eigenvalue weighted by Crippen LogP contribution is 2.06. The van der Waals surface area contributed by atoms with Crippen molar-refractivity contribution in [3.05, 3.63) is 28.7 Å². The predicted octanol–water partition coefficient (Wildman–Crippen LogP) is 2.52. The molecule has 0 aliphatic heterocycles. The van der Waals surface area contributed by atoms with Crippen molar-refractivity contribution >= 4 is 40.3 Å². The largest absolute Gasteiger partial charge is 0.196 e. The van der Waals surface area contributed by atoms with Gasteiger partial charge in [-0.2, -0.15) is 11.1 Å². The van der Waals surface area contributed by atoms with Gasteiger partial charge >= 0.3 is 0 Å². The second kappa shape index (κ2) is 3.56. The van der Waals surface area contributed by atoms with E-state index in [-0.39, 0.29) is 0 Å². The molecule has 0 N–H and O–H groups in total. The molecular formula is C7H7BrClSi. The molecule has 53 valence electrons. The summed E-state index contributed by atoms with van der Waals surface area (Å²) in [6.07, 6.45) is 0. The Morgan fingerprint density at radius 2 is 1.80 bits per heavy atom. The van der Waals surface area contributed by atoms with Gasteiger partial charge in [-0.1, -0.05) is 34.6 Å². The van der Waals surface area contributed by atoms with Gasteiger partial charge in [0.1, 0.15) is 0 Å². The molecule has 0 bridgehead atoms. The summed E-state index contributed by atoms with van der Waals surface area (Å²) in [5.74, 6) is 0. The highest BCUT2D eigenvalue weighted by molar-refractivity contribution is 9.10. The average Bonchev–Trinajstić information content (AvgIpc) is 1.88. The van der Waals surface area contributed by atoms with Gasteiger partial charge in [-0.3, -0.25) is 0 Å². The molecule has 0 spiro atoms.